The highest BCUT2D eigenvalue weighted by atomic mass is 35.5. The van der Waals surface area contributed by atoms with E-state index in [2.05, 4.69) is 0 Å². The quantitative estimate of drug-likeness (QED) is 0.908. The fraction of sp³-hybridized carbons (Fsp3) is 0.500. The number of methoxy groups -OCH3 is 2. The zero-order valence-corrected chi connectivity index (χ0v) is 12.6. The molecule has 2 N–H and O–H groups in total. The van der Waals surface area contributed by atoms with Crippen LogP contribution in [0.15, 0.2) is 18.2 Å². The van der Waals surface area contributed by atoms with Crippen molar-refractivity contribution in [3.63, 3.8) is 0 Å². The molecule has 0 radical (unpaired) electrons. The summed E-state index contributed by atoms with van der Waals surface area (Å²) in [7, 11) is 3.18. The van der Waals surface area contributed by atoms with Gasteiger partial charge in [0, 0.05) is 19.1 Å². The molecule has 0 spiro atoms. The maximum Gasteiger partial charge on any atom is 0.227 e. The van der Waals surface area contributed by atoms with Crippen molar-refractivity contribution in [1.82, 2.24) is 4.90 Å². The zero-order chi connectivity index (χ0) is 13.8. The number of ether oxygens (including phenoxy) is 2. The first-order valence-electron chi connectivity index (χ1n) is 6.38. The lowest BCUT2D eigenvalue weighted by Gasteiger charge is -2.16. The van der Waals surface area contributed by atoms with E-state index >= 15 is 0 Å². The predicted octanol–water partition coefficient (Wildman–Crippen LogP) is 1.23. The Hall–Kier alpha value is -1.46. The second-order valence-electron chi connectivity index (χ2n) is 4.75. The van der Waals surface area contributed by atoms with Crippen molar-refractivity contribution in [2.24, 2.45) is 5.73 Å². The summed E-state index contributed by atoms with van der Waals surface area (Å²) in [5.41, 5.74) is 6.73. The van der Waals surface area contributed by atoms with Crippen LogP contribution in [-0.4, -0.2) is 44.2 Å². The molecule has 20 heavy (non-hydrogen) atoms. The van der Waals surface area contributed by atoms with E-state index in [0.29, 0.717) is 24.5 Å². The number of carbonyl (C=O) groups excluding carboxylic acids is 1. The standard InChI is InChI=1S/C14H20N2O3.ClH/c1-18-12-4-3-10(7-13(12)19-2)8-14(17)16-6-5-11(15)9-16;/h3-4,7,11H,5-6,8-9,15H2,1-2H3;1H/t11-;/m1./s1. The molecule has 6 heteroatoms. The maximum absolute atomic E-state index is 12.1. The van der Waals surface area contributed by atoms with E-state index in [0.717, 1.165) is 18.5 Å². The topological polar surface area (TPSA) is 64.8 Å². The molecule has 2 rings (SSSR count). The van der Waals surface area contributed by atoms with Gasteiger partial charge in [-0.2, -0.15) is 0 Å². The van der Waals surface area contributed by atoms with Gasteiger partial charge in [0.15, 0.2) is 11.5 Å². The van der Waals surface area contributed by atoms with Crippen molar-refractivity contribution < 1.29 is 14.3 Å². The Morgan fingerprint density at radius 1 is 1.35 bits per heavy atom. The number of rotatable bonds is 4. The van der Waals surface area contributed by atoms with Gasteiger partial charge < -0.3 is 20.1 Å². The van der Waals surface area contributed by atoms with Crippen LogP contribution >= 0.6 is 12.4 Å². The van der Waals surface area contributed by atoms with E-state index in [1.54, 1.807) is 14.2 Å². The molecule has 1 aromatic carbocycles. The van der Waals surface area contributed by atoms with E-state index in [4.69, 9.17) is 15.2 Å². The highest BCUT2D eigenvalue weighted by molar-refractivity contribution is 5.85. The minimum Gasteiger partial charge on any atom is -0.493 e. The Morgan fingerprint density at radius 2 is 2.05 bits per heavy atom. The van der Waals surface area contributed by atoms with Crippen LogP contribution in [0.2, 0.25) is 0 Å². The Morgan fingerprint density at radius 3 is 2.60 bits per heavy atom. The van der Waals surface area contributed by atoms with Gasteiger partial charge in [-0.15, -0.1) is 12.4 Å². The van der Waals surface area contributed by atoms with Crippen molar-refractivity contribution >= 4 is 18.3 Å². The first kappa shape index (κ1) is 16.6. The molecule has 1 amide bonds. The number of nitrogens with zero attached hydrogens (tertiary/aromatic N) is 1. The second-order valence-corrected chi connectivity index (χ2v) is 4.75. The third kappa shape index (κ3) is 3.77. The monoisotopic (exact) mass is 300 g/mol. The molecule has 0 aliphatic carbocycles. The second kappa shape index (κ2) is 7.36. The first-order chi connectivity index (χ1) is 9.13. The van der Waals surface area contributed by atoms with E-state index < -0.39 is 0 Å². The summed E-state index contributed by atoms with van der Waals surface area (Å²) in [6, 6.07) is 5.66. The summed E-state index contributed by atoms with van der Waals surface area (Å²) in [5.74, 6) is 1.42. The van der Waals surface area contributed by atoms with Crippen molar-refractivity contribution in [3.05, 3.63) is 23.8 Å². The molecular formula is C14H21ClN2O3. The number of hydrogen-bond acceptors (Lipinski definition) is 4. The van der Waals surface area contributed by atoms with E-state index in [9.17, 15) is 4.79 Å². The molecule has 0 saturated carbocycles. The van der Waals surface area contributed by atoms with E-state index in [-0.39, 0.29) is 24.4 Å². The fourth-order valence-corrected chi connectivity index (χ4v) is 2.29. The van der Waals surface area contributed by atoms with Gasteiger partial charge in [-0.1, -0.05) is 6.07 Å². The molecule has 1 fully saturated rings. The lowest BCUT2D eigenvalue weighted by atomic mass is 10.1. The van der Waals surface area contributed by atoms with Crippen LogP contribution in [0.3, 0.4) is 0 Å². The van der Waals surface area contributed by atoms with Crippen LogP contribution in [0.25, 0.3) is 0 Å². The molecule has 0 bridgehead atoms. The molecule has 1 heterocycles. The molecule has 1 aliphatic rings. The molecule has 1 atom stereocenters. The van der Waals surface area contributed by atoms with E-state index in [1.165, 1.54) is 0 Å². The molecule has 112 valence electrons. The fourth-order valence-electron chi connectivity index (χ4n) is 2.29. The Labute approximate surface area is 125 Å². The van der Waals surface area contributed by atoms with Crippen molar-refractivity contribution in [2.45, 2.75) is 18.9 Å². The Kier molecular flexibility index (Phi) is 6.10. The number of hydrogen-bond donors (Lipinski definition) is 1. The number of amides is 1. The SMILES string of the molecule is COc1ccc(CC(=O)N2CC[C@@H](N)C2)cc1OC.Cl. The minimum absolute atomic E-state index is 0. The molecular weight excluding hydrogens is 280 g/mol. The van der Waals surface area contributed by atoms with Gasteiger partial charge in [0.2, 0.25) is 5.91 Å². The van der Waals surface area contributed by atoms with Crippen molar-refractivity contribution in [3.8, 4) is 11.5 Å². The minimum atomic E-state index is 0. The summed E-state index contributed by atoms with van der Waals surface area (Å²) in [4.78, 5) is 13.9. The van der Waals surface area contributed by atoms with Crippen LogP contribution in [0, 0.1) is 0 Å². The van der Waals surface area contributed by atoms with Gasteiger partial charge in [0.25, 0.3) is 0 Å². The molecule has 0 unspecified atom stereocenters. The molecule has 1 saturated heterocycles. The van der Waals surface area contributed by atoms with Crippen LogP contribution in [-0.2, 0) is 11.2 Å². The average Bonchev–Trinajstić information content (AvgIpc) is 2.85. The average molecular weight is 301 g/mol. The van der Waals surface area contributed by atoms with Gasteiger partial charge in [-0.05, 0) is 24.1 Å². The molecule has 5 nitrogen and oxygen atoms in total. The molecule has 0 aromatic heterocycles. The number of likely N-dealkylation sites (tertiary alicyclic amines) is 1. The van der Waals surface area contributed by atoms with Gasteiger partial charge >= 0.3 is 0 Å². The highest BCUT2D eigenvalue weighted by Crippen LogP contribution is 2.28. The molecule has 1 aliphatic heterocycles. The lowest BCUT2D eigenvalue weighted by molar-refractivity contribution is -0.129. The summed E-state index contributed by atoms with van der Waals surface area (Å²) in [6.07, 6.45) is 1.25. The third-order valence-electron chi connectivity index (χ3n) is 3.38. The van der Waals surface area contributed by atoms with Crippen LogP contribution in [0.5, 0.6) is 11.5 Å². The normalized spacial score (nSPS) is 17.6. The molecule has 1 aromatic rings. The summed E-state index contributed by atoms with van der Waals surface area (Å²) < 4.78 is 10.4. The van der Waals surface area contributed by atoms with Gasteiger partial charge in [0.1, 0.15) is 0 Å². The highest BCUT2D eigenvalue weighted by Gasteiger charge is 2.23. The van der Waals surface area contributed by atoms with Gasteiger partial charge in [-0.25, -0.2) is 0 Å². The van der Waals surface area contributed by atoms with Gasteiger partial charge in [-0.3, -0.25) is 4.79 Å². The van der Waals surface area contributed by atoms with Crippen LogP contribution < -0.4 is 15.2 Å². The largest absolute Gasteiger partial charge is 0.493 e. The summed E-state index contributed by atoms with van der Waals surface area (Å²) >= 11 is 0. The summed E-state index contributed by atoms with van der Waals surface area (Å²) in [6.45, 7) is 1.42. The van der Waals surface area contributed by atoms with Crippen LogP contribution in [0.1, 0.15) is 12.0 Å². The smallest absolute Gasteiger partial charge is 0.227 e. The number of benzene rings is 1. The number of nitrogens with two attached hydrogens (primary N) is 1. The van der Waals surface area contributed by atoms with Crippen molar-refractivity contribution in [2.75, 3.05) is 27.3 Å². The lowest BCUT2D eigenvalue weighted by Crippen LogP contribution is -2.32. The predicted molar refractivity (Wildman–Crippen MR) is 79.7 cm³/mol. The van der Waals surface area contributed by atoms with Crippen LogP contribution in [0.4, 0.5) is 0 Å². The number of carbonyl (C=O) groups is 1. The van der Waals surface area contributed by atoms with Crippen molar-refractivity contribution in [1.29, 1.82) is 0 Å². The Balaban J connectivity index is 0.00000200. The third-order valence-corrected chi connectivity index (χ3v) is 3.38. The first-order valence-corrected chi connectivity index (χ1v) is 6.38. The number of halogens is 1. The zero-order valence-electron chi connectivity index (χ0n) is 11.8. The summed E-state index contributed by atoms with van der Waals surface area (Å²) in [5, 5.41) is 0. The van der Waals surface area contributed by atoms with E-state index in [1.807, 2.05) is 23.1 Å². The maximum atomic E-state index is 12.1. The van der Waals surface area contributed by atoms with Gasteiger partial charge in [0.05, 0.1) is 20.6 Å². The Bertz CT molecular complexity index is 468.